The van der Waals surface area contributed by atoms with Crippen LogP contribution < -0.4 is 10.6 Å². The van der Waals surface area contributed by atoms with Gasteiger partial charge < -0.3 is 15.2 Å². The fraction of sp³-hybridized carbons (Fsp3) is 0.333. The number of aliphatic imine (C=N–C) groups is 1. The Bertz CT molecular complexity index is 524. The zero-order chi connectivity index (χ0) is 14.2. The van der Waals surface area contributed by atoms with E-state index in [1.807, 2.05) is 35.3 Å². The standard InChI is InChI=1S/C15H21N5.HI/c1-13(14-6-4-3-5-7-14)19-15(16-2)18-9-11-20-10-8-17-12-20;/h3-8,10,12-13H,9,11H2,1-2H3,(H2,16,18,19);1H. The third kappa shape index (κ3) is 5.74. The summed E-state index contributed by atoms with van der Waals surface area (Å²) in [6.07, 6.45) is 5.54. The van der Waals surface area contributed by atoms with E-state index in [1.165, 1.54) is 5.56 Å². The summed E-state index contributed by atoms with van der Waals surface area (Å²) in [4.78, 5) is 8.26. The average Bonchev–Trinajstić information content (AvgIpc) is 3.00. The molecule has 114 valence electrons. The van der Waals surface area contributed by atoms with Gasteiger partial charge in [-0.1, -0.05) is 30.3 Å². The molecule has 0 spiro atoms. The second kappa shape index (κ2) is 9.38. The molecule has 6 heteroatoms. The van der Waals surface area contributed by atoms with Crippen molar-refractivity contribution in [2.75, 3.05) is 13.6 Å². The van der Waals surface area contributed by atoms with E-state index in [4.69, 9.17) is 0 Å². The molecule has 0 aliphatic heterocycles. The van der Waals surface area contributed by atoms with E-state index >= 15 is 0 Å². The molecule has 0 aliphatic rings. The molecule has 2 rings (SSSR count). The van der Waals surface area contributed by atoms with Gasteiger partial charge in [0.1, 0.15) is 0 Å². The average molecular weight is 399 g/mol. The highest BCUT2D eigenvalue weighted by atomic mass is 127. The van der Waals surface area contributed by atoms with Gasteiger partial charge in [-0.15, -0.1) is 24.0 Å². The van der Waals surface area contributed by atoms with Crippen molar-refractivity contribution in [1.82, 2.24) is 20.2 Å². The quantitative estimate of drug-likeness (QED) is 0.462. The van der Waals surface area contributed by atoms with E-state index in [1.54, 1.807) is 13.2 Å². The fourth-order valence-corrected chi connectivity index (χ4v) is 1.95. The lowest BCUT2D eigenvalue weighted by atomic mass is 10.1. The van der Waals surface area contributed by atoms with Crippen molar-refractivity contribution in [1.29, 1.82) is 0 Å². The zero-order valence-corrected chi connectivity index (χ0v) is 14.7. The fourth-order valence-electron chi connectivity index (χ4n) is 1.95. The molecule has 2 aromatic rings. The monoisotopic (exact) mass is 399 g/mol. The van der Waals surface area contributed by atoms with Gasteiger partial charge in [-0.2, -0.15) is 0 Å². The van der Waals surface area contributed by atoms with Crippen molar-refractivity contribution in [2.45, 2.75) is 19.5 Å². The third-order valence-corrected chi connectivity index (χ3v) is 3.10. The maximum absolute atomic E-state index is 4.24. The lowest BCUT2D eigenvalue weighted by Crippen LogP contribution is -2.40. The number of halogens is 1. The van der Waals surface area contributed by atoms with Crippen LogP contribution in [-0.4, -0.2) is 29.1 Å². The van der Waals surface area contributed by atoms with Gasteiger partial charge in [0.05, 0.1) is 12.4 Å². The molecule has 1 heterocycles. The van der Waals surface area contributed by atoms with Crippen molar-refractivity contribution < 1.29 is 0 Å². The van der Waals surface area contributed by atoms with E-state index in [-0.39, 0.29) is 30.0 Å². The minimum atomic E-state index is 0. The first-order chi connectivity index (χ1) is 9.79. The van der Waals surface area contributed by atoms with Crippen molar-refractivity contribution in [3.8, 4) is 0 Å². The van der Waals surface area contributed by atoms with Gasteiger partial charge in [0, 0.05) is 32.5 Å². The molecule has 0 fully saturated rings. The first-order valence-electron chi connectivity index (χ1n) is 6.77. The van der Waals surface area contributed by atoms with Crippen LogP contribution in [0.2, 0.25) is 0 Å². The van der Waals surface area contributed by atoms with Gasteiger partial charge >= 0.3 is 0 Å². The van der Waals surface area contributed by atoms with Gasteiger partial charge in [0.25, 0.3) is 0 Å². The summed E-state index contributed by atoms with van der Waals surface area (Å²) in [5.74, 6) is 0.807. The van der Waals surface area contributed by atoms with E-state index in [0.717, 1.165) is 19.0 Å². The van der Waals surface area contributed by atoms with Gasteiger partial charge in [0.2, 0.25) is 0 Å². The van der Waals surface area contributed by atoms with Crippen LogP contribution in [0.25, 0.3) is 0 Å². The molecule has 1 aromatic carbocycles. The van der Waals surface area contributed by atoms with Gasteiger partial charge in [-0.25, -0.2) is 4.98 Å². The number of hydrogen-bond acceptors (Lipinski definition) is 2. The summed E-state index contributed by atoms with van der Waals surface area (Å²) in [7, 11) is 1.78. The van der Waals surface area contributed by atoms with E-state index in [2.05, 4.69) is 39.7 Å². The van der Waals surface area contributed by atoms with Crippen molar-refractivity contribution in [2.24, 2.45) is 4.99 Å². The van der Waals surface area contributed by atoms with Crippen LogP contribution in [0.1, 0.15) is 18.5 Å². The normalized spacial score (nSPS) is 12.4. The lowest BCUT2D eigenvalue weighted by Gasteiger charge is -2.18. The van der Waals surface area contributed by atoms with Crippen LogP contribution in [0.4, 0.5) is 0 Å². The van der Waals surface area contributed by atoms with Gasteiger partial charge in [-0.3, -0.25) is 4.99 Å². The first-order valence-corrected chi connectivity index (χ1v) is 6.77. The van der Waals surface area contributed by atoms with Crippen molar-refractivity contribution in [3.05, 3.63) is 54.6 Å². The predicted molar refractivity (Wildman–Crippen MR) is 97.0 cm³/mol. The van der Waals surface area contributed by atoms with Gasteiger partial charge in [0.15, 0.2) is 5.96 Å². The maximum Gasteiger partial charge on any atom is 0.191 e. The highest BCUT2D eigenvalue weighted by Gasteiger charge is 2.06. The highest BCUT2D eigenvalue weighted by molar-refractivity contribution is 14.0. The molecule has 21 heavy (non-hydrogen) atoms. The zero-order valence-electron chi connectivity index (χ0n) is 12.4. The maximum atomic E-state index is 4.24. The van der Waals surface area contributed by atoms with Crippen LogP contribution in [0.15, 0.2) is 54.0 Å². The summed E-state index contributed by atoms with van der Waals surface area (Å²) >= 11 is 0. The lowest BCUT2D eigenvalue weighted by molar-refractivity contribution is 0.640. The topological polar surface area (TPSA) is 54.2 Å². The molecular weight excluding hydrogens is 377 g/mol. The smallest absolute Gasteiger partial charge is 0.191 e. The van der Waals surface area contributed by atoms with Crippen LogP contribution in [0, 0.1) is 0 Å². The molecule has 1 atom stereocenters. The number of nitrogens with one attached hydrogen (secondary N) is 2. The molecule has 1 aromatic heterocycles. The number of nitrogens with zero attached hydrogens (tertiary/aromatic N) is 3. The molecule has 0 saturated carbocycles. The van der Waals surface area contributed by atoms with Crippen LogP contribution in [0.5, 0.6) is 0 Å². The Morgan fingerprint density at radius 3 is 2.71 bits per heavy atom. The number of rotatable bonds is 5. The molecule has 0 amide bonds. The minimum absolute atomic E-state index is 0. The number of guanidine groups is 1. The summed E-state index contributed by atoms with van der Waals surface area (Å²) in [5.41, 5.74) is 1.24. The van der Waals surface area contributed by atoms with Crippen LogP contribution >= 0.6 is 24.0 Å². The Balaban J connectivity index is 0.00000220. The SMILES string of the molecule is CN=C(NCCn1ccnc1)NC(C)c1ccccc1.I. The number of hydrogen-bond donors (Lipinski definition) is 2. The van der Waals surface area contributed by atoms with Gasteiger partial charge in [-0.05, 0) is 12.5 Å². The molecular formula is C15H22IN5. The Kier molecular flexibility index (Phi) is 7.81. The first kappa shape index (κ1) is 17.5. The molecule has 2 N–H and O–H groups in total. The molecule has 0 bridgehead atoms. The number of aromatic nitrogens is 2. The molecule has 5 nitrogen and oxygen atoms in total. The van der Waals surface area contributed by atoms with Crippen LogP contribution in [0.3, 0.4) is 0 Å². The molecule has 1 unspecified atom stereocenters. The van der Waals surface area contributed by atoms with Crippen LogP contribution in [-0.2, 0) is 6.54 Å². The Hall–Kier alpha value is -1.57. The second-order valence-corrected chi connectivity index (χ2v) is 4.58. The third-order valence-electron chi connectivity index (χ3n) is 3.10. The highest BCUT2D eigenvalue weighted by Crippen LogP contribution is 2.10. The molecule has 0 saturated heterocycles. The Morgan fingerprint density at radius 1 is 1.33 bits per heavy atom. The largest absolute Gasteiger partial charge is 0.355 e. The summed E-state index contributed by atoms with van der Waals surface area (Å²) < 4.78 is 2.03. The Morgan fingerprint density at radius 2 is 2.10 bits per heavy atom. The van der Waals surface area contributed by atoms with Crippen molar-refractivity contribution in [3.63, 3.8) is 0 Å². The Labute approximate surface area is 142 Å². The van der Waals surface area contributed by atoms with Crippen molar-refractivity contribution >= 4 is 29.9 Å². The predicted octanol–water partition coefficient (Wildman–Crippen LogP) is 2.43. The van der Waals surface area contributed by atoms with E-state index in [9.17, 15) is 0 Å². The number of benzene rings is 1. The molecule has 0 radical (unpaired) electrons. The minimum Gasteiger partial charge on any atom is -0.355 e. The molecule has 0 aliphatic carbocycles. The number of imidazole rings is 1. The van der Waals surface area contributed by atoms with E-state index in [0.29, 0.717) is 0 Å². The second-order valence-electron chi connectivity index (χ2n) is 4.58. The summed E-state index contributed by atoms with van der Waals surface area (Å²) in [6.45, 7) is 3.79. The summed E-state index contributed by atoms with van der Waals surface area (Å²) in [6, 6.07) is 10.5. The van der Waals surface area contributed by atoms with E-state index < -0.39 is 0 Å². The summed E-state index contributed by atoms with van der Waals surface area (Å²) in [5, 5.41) is 6.68.